The Bertz CT molecular complexity index is 958. The average Bonchev–Trinajstić information content (AvgIpc) is 2.64. The van der Waals surface area contributed by atoms with Crippen LogP contribution in [0.15, 0.2) is 46.2 Å². The largest absolute Gasteiger partial charge is 0.379 e. The highest BCUT2D eigenvalue weighted by molar-refractivity contribution is 7.89. The summed E-state index contributed by atoms with van der Waals surface area (Å²) in [6, 6.07) is 7.38. The molecule has 0 radical (unpaired) electrons. The Labute approximate surface area is 150 Å². The summed E-state index contributed by atoms with van der Waals surface area (Å²) in [6.07, 6.45) is 1.30. The highest BCUT2D eigenvalue weighted by Crippen LogP contribution is 2.24. The lowest BCUT2D eigenvalue weighted by atomic mass is 10.2. The molecule has 0 atom stereocenters. The second-order valence-corrected chi connectivity index (χ2v) is 7.80. The molecule has 0 unspecified atom stereocenters. The number of H-pyrrole nitrogens is 1. The van der Waals surface area contributed by atoms with Gasteiger partial charge < -0.3 is 15.0 Å². The summed E-state index contributed by atoms with van der Waals surface area (Å²) < 4.78 is 32.3. The van der Waals surface area contributed by atoms with Gasteiger partial charge >= 0.3 is 0 Å². The van der Waals surface area contributed by atoms with E-state index in [9.17, 15) is 18.0 Å². The number of rotatable bonds is 4. The van der Waals surface area contributed by atoms with Crippen molar-refractivity contribution in [3.63, 3.8) is 0 Å². The minimum Gasteiger partial charge on any atom is -0.379 e. The van der Waals surface area contributed by atoms with E-state index in [0.29, 0.717) is 37.6 Å². The molecule has 2 aromatic rings. The Balaban J connectivity index is 1.86. The number of carbonyl (C=O) groups excluding carboxylic acids is 1. The standard InChI is InChI=1S/C17H19N3O5S/c1-12-2-4-14(19-17(22)13-3-5-16(21)18-11-13)10-15(12)26(23,24)20-6-8-25-9-7-20/h2-5,10-11H,6-9H2,1H3,(H,18,21)(H,19,22). The third-order valence-electron chi connectivity index (χ3n) is 4.08. The predicted octanol–water partition coefficient (Wildman–Crippen LogP) is 0.957. The van der Waals surface area contributed by atoms with E-state index in [1.807, 2.05) is 0 Å². The lowest BCUT2D eigenvalue weighted by Gasteiger charge is -2.26. The third kappa shape index (κ3) is 3.85. The van der Waals surface area contributed by atoms with Gasteiger partial charge in [0.15, 0.2) is 0 Å². The summed E-state index contributed by atoms with van der Waals surface area (Å²) >= 11 is 0. The number of hydrogen-bond donors (Lipinski definition) is 2. The van der Waals surface area contributed by atoms with Gasteiger partial charge in [0.1, 0.15) is 0 Å². The van der Waals surface area contributed by atoms with Crippen LogP contribution in [-0.4, -0.2) is 49.9 Å². The van der Waals surface area contributed by atoms with Crippen LogP contribution in [-0.2, 0) is 14.8 Å². The quantitative estimate of drug-likeness (QED) is 0.825. The number of carbonyl (C=O) groups is 1. The van der Waals surface area contributed by atoms with Crippen molar-refractivity contribution in [1.29, 1.82) is 0 Å². The number of nitrogens with zero attached hydrogens (tertiary/aromatic N) is 1. The van der Waals surface area contributed by atoms with Gasteiger partial charge in [-0.15, -0.1) is 0 Å². The SMILES string of the molecule is Cc1ccc(NC(=O)c2ccc(=O)[nH]c2)cc1S(=O)(=O)N1CCOCC1. The summed E-state index contributed by atoms with van der Waals surface area (Å²) in [5.41, 5.74) is 0.913. The molecule has 1 aromatic heterocycles. The smallest absolute Gasteiger partial charge is 0.257 e. The van der Waals surface area contributed by atoms with Crippen LogP contribution in [0.2, 0.25) is 0 Å². The highest BCUT2D eigenvalue weighted by Gasteiger charge is 2.28. The molecule has 1 saturated heterocycles. The van der Waals surface area contributed by atoms with E-state index in [2.05, 4.69) is 10.3 Å². The van der Waals surface area contributed by atoms with E-state index in [-0.39, 0.29) is 16.0 Å². The fourth-order valence-corrected chi connectivity index (χ4v) is 4.30. The van der Waals surface area contributed by atoms with Crippen LogP contribution in [0.5, 0.6) is 0 Å². The molecule has 26 heavy (non-hydrogen) atoms. The lowest BCUT2D eigenvalue weighted by Crippen LogP contribution is -2.40. The molecule has 2 heterocycles. The first-order valence-electron chi connectivity index (χ1n) is 8.06. The van der Waals surface area contributed by atoms with Gasteiger partial charge in [0, 0.05) is 31.0 Å². The predicted molar refractivity (Wildman–Crippen MR) is 95.8 cm³/mol. The molecule has 1 aromatic carbocycles. The van der Waals surface area contributed by atoms with Crippen molar-refractivity contribution in [2.45, 2.75) is 11.8 Å². The molecular weight excluding hydrogens is 358 g/mol. The van der Waals surface area contributed by atoms with Gasteiger partial charge in [-0.05, 0) is 30.7 Å². The molecule has 9 heteroatoms. The zero-order chi connectivity index (χ0) is 18.7. The van der Waals surface area contributed by atoms with E-state index in [4.69, 9.17) is 4.74 Å². The van der Waals surface area contributed by atoms with Crippen LogP contribution >= 0.6 is 0 Å². The number of aryl methyl sites for hydroxylation is 1. The van der Waals surface area contributed by atoms with Gasteiger partial charge in [-0.3, -0.25) is 9.59 Å². The zero-order valence-corrected chi connectivity index (χ0v) is 15.0. The summed E-state index contributed by atoms with van der Waals surface area (Å²) in [5, 5.41) is 2.65. The van der Waals surface area contributed by atoms with Crippen molar-refractivity contribution in [3.05, 3.63) is 58.0 Å². The van der Waals surface area contributed by atoms with Crippen molar-refractivity contribution in [2.24, 2.45) is 0 Å². The maximum atomic E-state index is 12.9. The number of nitrogens with one attached hydrogen (secondary N) is 2. The van der Waals surface area contributed by atoms with Crippen LogP contribution in [0, 0.1) is 6.92 Å². The minimum absolute atomic E-state index is 0.152. The summed E-state index contributed by atoms with van der Waals surface area (Å²) in [6.45, 7) is 3.04. The molecular formula is C17H19N3O5S. The van der Waals surface area contributed by atoms with Gasteiger partial charge in [-0.25, -0.2) is 8.42 Å². The molecule has 3 rings (SSSR count). The van der Waals surface area contributed by atoms with E-state index in [1.54, 1.807) is 19.1 Å². The average molecular weight is 377 g/mol. The topological polar surface area (TPSA) is 109 Å². The number of amides is 1. The third-order valence-corrected chi connectivity index (χ3v) is 6.12. The fourth-order valence-electron chi connectivity index (χ4n) is 2.64. The Morgan fingerprint density at radius 2 is 1.92 bits per heavy atom. The summed E-state index contributed by atoms with van der Waals surface area (Å²) in [7, 11) is -3.67. The molecule has 1 amide bonds. The molecule has 0 saturated carbocycles. The first kappa shape index (κ1) is 18.3. The maximum Gasteiger partial charge on any atom is 0.257 e. The van der Waals surface area contributed by atoms with Crippen LogP contribution in [0.25, 0.3) is 0 Å². The van der Waals surface area contributed by atoms with Crippen molar-refractivity contribution in [3.8, 4) is 0 Å². The van der Waals surface area contributed by atoms with E-state index in [1.165, 1.54) is 28.7 Å². The van der Waals surface area contributed by atoms with Crippen LogP contribution in [0.3, 0.4) is 0 Å². The van der Waals surface area contributed by atoms with Gasteiger partial charge in [0.25, 0.3) is 5.91 Å². The molecule has 0 aliphatic carbocycles. The monoisotopic (exact) mass is 377 g/mol. The van der Waals surface area contributed by atoms with Gasteiger partial charge in [0.2, 0.25) is 15.6 Å². The van der Waals surface area contributed by atoms with E-state index >= 15 is 0 Å². The Hall–Kier alpha value is -2.49. The number of aromatic nitrogens is 1. The molecule has 1 fully saturated rings. The fraction of sp³-hybridized carbons (Fsp3) is 0.294. The molecule has 0 spiro atoms. The number of morpholine rings is 1. The minimum atomic E-state index is -3.67. The number of benzene rings is 1. The molecule has 2 N–H and O–H groups in total. The first-order valence-corrected chi connectivity index (χ1v) is 9.50. The second-order valence-electron chi connectivity index (χ2n) is 5.89. The van der Waals surface area contributed by atoms with Gasteiger partial charge in [-0.1, -0.05) is 6.07 Å². The second kappa shape index (κ2) is 7.40. The zero-order valence-electron chi connectivity index (χ0n) is 14.2. The van der Waals surface area contributed by atoms with Crippen molar-refractivity contribution < 1.29 is 17.9 Å². The summed E-state index contributed by atoms with van der Waals surface area (Å²) in [4.78, 5) is 25.9. The first-order chi connectivity index (χ1) is 12.4. The lowest BCUT2D eigenvalue weighted by molar-refractivity contribution is 0.0730. The molecule has 8 nitrogen and oxygen atoms in total. The Kier molecular flexibility index (Phi) is 5.21. The van der Waals surface area contributed by atoms with E-state index in [0.717, 1.165) is 0 Å². The van der Waals surface area contributed by atoms with Crippen LogP contribution in [0.4, 0.5) is 5.69 Å². The van der Waals surface area contributed by atoms with Crippen molar-refractivity contribution in [2.75, 3.05) is 31.6 Å². The number of pyridine rings is 1. The number of ether oxygens (including phenoxy) is 1. The van der Waals surface area contributed by atoms with Crippen molar-refractivity contribution >= 4 is 21.6 Å². The normalized spacial score (nSPS) is 15.6. The Morgan fingerprint density at radius 3 is 2.58 bits per heavy atom. The number of hydrogen-bond acceptors (Lipinski definition) is 5. The summed E-state index contributed by atoms with van der Waals surface area (Å²) in [5.74, 6) is -0.445. The molecule has 1 aliphatic heterocycles. The number of anilines is 1. The Morgan fingerprint density at radius 1 is 1.19 bits per heavy atom. The molecule has 1 aliphatic rings. The maximum absolute atomic E-state index is 12.9. The van der Waals surface area contributed by atoms with Crippen LogP contribution < -0.4 is 10.9 Å². The number of aromatic amines is 1. The number of sulfonamides is 1. The van der Waals surface area contributed by atoms with Gasteiger partial charge in [-0.2, -0.15) is 4.31 Å². The highest BCUT2D eigenvalue weighted by atomic mass is 32.2. The van der Waals surface area contributed by atoms with Crippen LogP contribution in [0.1, 0.15) is 15.9 Å². The molecule has 0 bridgehead atoms. The van der Waals surface area contributed by atoms with E-state index < -0.39 is 15.9 Å². The van der Waals surface area contributed by atoms with Gasteiger partial charge in [0.05, 0.1) is 23.7 Å². The van der Waals surface area contributed by atoms with Crippen molar-refractivity contribution in [1.82, 2.24) is 9.29 Å². The molecule has 138 valence electrons.